The van der Waals surface area contributed by atoms with Crippen LogP contribution in [0.2, 0.25) is 0 Å². The highest BCUT2D eigenvalue weighted by atomic mass is 19.4. The fourth-order valence-electron chi connectivity index (χ4n) is 3.25. The molecular weight excluding hydrogens is 559 g/mol. The van der Waals surface area contributed by atoms with Gasteiger partial charge < -0.3 is 19.5 Å². The van der Waals surface area contributed by atoms with Crippen LogP contribution >= 0.6 is 0 Å². The number of benzene rings is 3. The molecule has 0 aliphatic heterocycles. The number of ether oxygens (including phenoxy) is 2. The highest BCUT2D eigenvalue weighted by Gasteiger charge is 2.58. The van der Waals surface area contributed by atoms with Gasteiger partial charge in [0.05, 0.1) is 6.54 Å². The maximum Gasteiger partial charge on any atom is 0.573 e. The zero-order valence-electron chi connectivity index (χ0n) is 19.1. The maximum atomic E-state index is 13.9. The SMILES string of the molecule is OC(CN(c1cccc(Oc2cccc(OC(F)(F)F)c2)c1)c1cccc(C(F)(F)C(F)(F)F)c1)C(F)(F)F. The van der Waals surface area contributed by atoms with Crippen molar-refractivity contribution in [2.45, 2.75) is 30.7 Å². The predicted octanol–water partition coefficient (Wildman–Crippen LogP) is 8.09. The van der Waals surface area contributed by atoms with Crippen molar-refractivity contribution in [1.29, 1.82) is 0 Å². The lowest BCUT2D eigenvalue weighted by molar-refractivity contribution is -0.289. The number of hydrogen-bond acceptors (Lipinski definition) is 4. The lowest BCUT2D eigenvalue weighted by atomic mass is 10.1. The van der Waals surface area contributed by atoms with Gasteiger partial charge in [0.2, 0.25) is 0 Å². The van der Waals surface area contributed by atoms with Gasteiger partial charge in [-0.05, 0) is 36.4 Å². The molecule has 1 N–H and O–H groups in total. The Morgan fingerprint density at radius 3 is 1.74 bits per heavy atom. The Labute approximate surface area is 212 Å². The normalized spacial score (nSPS) is 13.6. The van der Waals surface area contributed by atoms with E-state index in [1.807, 2.05) is 0 Å². The van der Waals surface area contributed by atoms with Crippen molar-refractivity contribution in [2.75, 3.05) is 11.4 Å². The van der Waals surface area contributed by atoms with Crippen molar-refractivity contribution in [3.63, 3.8) is 0 Å². The van der Waals surface area contributed by atoms with E-state index >= 15 is 0 Å². The smallest absolute Gasteiger partial charge is 0.457 e. The molecule has 15 heteroatoms. The summed E-state index contributed by atoms with van der Waals surface area (Å²) in [5.41, 5.74) is -2.36. The molecule has 3 aromatic carbocycles. The summed E-state index contributed by atoms with van der Waals surface area (Å²) < 4.78 is 153. The van der Waals surface area contributed by atoms with E-state index in [1.54, 1.807) is 0 Å². The van der Waals surface area contributed by atoms with Crippen LogP contribution in [0.4, 0.5) is 59.7 Å². The maximum absolute atomic E-state index is 13.9. The minimum absolute atomic E-state index is 0.167. The van der Waals surface area contributed by atoms with E-state index in [0.29, 0.717) is 17.0 Å². The minimum Gasteiger partial charge on any atom is -0.457 e. The summed E-state index contributed by atoms with van der Waals surface area (Å²) in [4.78, 5) is 0.629. The minimum atomic E-state index is -6.00. The van der Waals surface area contributed by atoms with Gasteiger partial charge in [0, 0.05) is 29.1 Å². The zero-order chi connectivity index (χ0) is 29.2. The van der Waals surface area contributed by atoms with Crippen LogP contribution in [0.3, 0.4) is 0 Å². The van der Waals surface area contributed by atoms with Gasteiger partial charge in [-0.15, -0.1) is 13.2 Å². The average molecular weight is 575 g/mol. The second-order valence-electron chi connectivity index (χ2n) is 7.91. The molecule has 39 heavy (non-hydrogen) atoms. The third-order valence-corrected chi connectivity index (χ3v) is 5.01. The van der Waals surface area contributed by atoms with Crippen LogP contribution < -0.4 is 14.4 Å². The average Bonchev–Trinajstić information content (AvgIpc) is 2.80. The number of halogens is 11. The highest BCUT2D eigenvalue weighted by molar-refractivity contribution is 5.66. The molecule has 0 radical (unpaired) electrons. The first-order valence-corrected chi connectivity index (χ1v) is 10.6. The summed E-state index contributed by atoms with van der Waals surface area (Å²) in [6, 6.07) is 11.3. The molecule has 1 atom stereocenters. The van der Waals surface area contributed by atoms with Crippen molar-refractivity contribution in [3.8, 4) is 17.2 Å². The van der Waals surface area contributed by atoms with Crippen LogP contribution in [-0.2, 0) is 5.92 Å². The molecular formula is C24H16F11NO3. The lowest BCUT2D eigenvalue weighted by Gasteiger charge is -2.30. The fraction of sp³-hybridized carbons (Fsp3) is 0.250. The first kappa shape index (κ1) is 29.8. The summed E-state index contributed by atoms with van der Waals surface area (Å²) in [6.07, 6.45) is -19.2. The van der Waals surface area contributed by atoms with Gasteiger partial charge in [-0.3, -0.25) is 0 Å². The predicted molar refractivity (Wildman–Crippen MR) is 115 cm³/mol. The van der Waals surface area contributed by atoms with Crippen LogP contribution in [0.1, 0.15) is 5.56 Å². The van der Waals surface area contributed by atoms with Gasteiger partial charge in [0.25, 0.3) is 0 Å². The Morgan fingerprint density at radius 2 is 1.18 bits per heavy atom. The van der Waals surface area contributed by atoms with Crippen LogP contribution in [0.15, 0.2) is 72.8 Å². The Hall–Kier alpha value is -3.75. The van der Waals surface area contributed by atoms with Crippen LogP contribution in [-0.4, -0.2) is 36.5 Å². The fourth-order valence-corrected chi connectivity index (χ4v) is 3.25. The van der Waals surface area contributed by atoms with E-state index in [0.717, 1.165) is 42.5 Å². The monoisotopic (exact) mass is 575 g/mol. The van der Waals surface area contributed by atoms with Crippen LogP contribution in [0, 0.1) is 0 Å². The number of aliphatic hydroxyl groups excluding tert-OH is 1. The molecule has 4 nitrogen and oxygen atoms in total. The molecule has 0 saturated carbocycles. The van der Waals surface area contributed by atoms with Crippen molar-refractivity contribution in [2.24, 2.45) is 0 Å². The molecule has 0 bridgehead atoms. The first-order chi connectivity index (χ1) is 17.9. The summed E-state index contributed by atoms with van der Waals surface area (Å²) >= 11 is 0. The van der Waals surface area contributed by atoms with Gasteiger partial charge in [0.1, 0.15) is 17.2 Å². The van der Waals surface area contributed by atoms with Gasteiger partial charge in [-0.2, -0.15) is 35.1 Å². The number of hydrogen-bond donors (Lipinski definition) is 1. The largest absolute Gasteiger partial charge is 0.573 e. The molecule has 0 heterocycles. The van der Waals surface area contributed by atoms with Gasteiger partial charge in [-0.25, -0.2) is 0 Å². The van der Waals surface area contributed by atoms with E-state index in [1.165, 1.54) is 18.2 Å². The third kappa shape index (κ3) is 7.65. The lowest BCUT2D eigenvalue weighted by Crippen LogP contribution is -2.39. The molecule has 0 amide bonds. The summed E-state index contributed by atoms with van der Waals surface area (Å²) in [7, 11) is 0. The van der Waals surface area contributed by atoms with E-state index in [-0.39, 0.29) is 17.2 Å². The summed E-state index contributed by atoms with van der Waals surface area (Å²) in [5, 5.41) is 9.63. The third-order valence-electron chi connectivity index (χ3n) is 5.01. The second kappa shape index (κ2) is 10.8. The summed E-state index contributed by atoms with van der Waals surface area (Å²) in [6.45, 7) is -1.32. The topological polar surface area (TPSA) is 41.9 Å². The van der Waals surface area contributed by atoms with Crippen molar-refractivity contribution < 1.29 is 62.9 Å². The molecule has 0 aliphatic carbocycles. The van der Waals surface area contributed by atoms with Crippen molar-refractivity contribution >= 4 is 11.4 Å². The van der Waals surface area contributed by atoms with Crippen molar-refractivity contribution in [1.82, 2.24) is 0 Å². The molecule has 0 fully saturated rings. The second-order valence-corrected chi connectivity index (χ2v) is 7.91. The molecule has 0 aliphatic rings. The number of alkyl halides is 11. The van der Waals surface area contributed by atoms with E-state index < -0.39 is 54.3 Å². The number of aliphatic hydroxyl groups is 1. The van der Waals surface area contributed by atoms with Crippen LogP contribution in [0.25, 0.3) is 0 Å². The van der Waals surface area contributed by atoms with Gasteiger partial charge in [-0.1, -0.05) is 24.3 Å². The molecule has 0 saturated heterocycles. The molecule has 0 spiro atoms. The van der Waals surface area contributed by atoms with Crippen LogP contribution in [0.5, 0.6) is 17.2 Å². The molecule has 1 unspecified atom stereocenters. The van der Waals surface area contributed by atoms with Gasteiger partial charge >= 0.3 is 24.6 Å². The van der Waals surface area contributed by atoms with Crippen molar-refractivity contribution in [3.05, 3.63) is 78.4 Å². The van der Waals surface area contributed by atoms with E-state index in [2.05, 4.69) is 4.74 Å². The quantitative estimate of drug-likeness (QED) is 0.276. The number of anilines is 2. The van der Waals surface area contributed by atoms with E-state index in [4.69, 9.17) is 4.74 Å². The highest BCUT2D eigenvalue weighted by Crippen LogP contribution is 2.45. The number of nitrogens with zero attached hydrogens (tertiary/aromatic N) is 1. The Kier molecular flexibility index (Phi) is 8.24. The molecule has 3 aromatic rings. The van der Waals surface area contributed by atoms with Gasteiger partial charge in [0.15, 0.2) is 6.10 Å². The first-order valence-electron chi connectivity index (χ1n) is 10.6. The van der Waals surface area contributed by atoms with E-state index in [9.17, 15) is 53.4 Å². The molecule has 0 aromatic heterocycles. The Bertz CT molecular complexity index is 1270. The number of rotatable bonds is 8. The zero-order valence-corrected chi connectivity index (χ0v) is 19.1. The standard InChI is InChI=1S/C24H16F11NO3/c25-21(26,23(30,31)32)14-4-1-5-15(10-14)36(13-20(37)22(27,28)29)16-6-2-7-17(11-16)38-18-8-3-9-19(12-18)39-24(33,34)35/h1-12,20,37H,13H2. The molecule has 3 rings (SSSR count). The molecule has 212 valence electrons. The Balaban J connectivity index is 2.01. The Morgan fingerprint density at radius 1 is 0.667 bits per heavy atom. The summed E-state index contributed by atoms with van der Waals surface area (Å²) in [5.74, 6) is -6.35.